The first kappa shape index (κ1) is 103. The van der Waals surface area contributed by atoms with Crippen molar-refractivity contribution >= 4 is 106 Å². The molecule has 3 fully saturated rings. The third-order valence-corrected chi connectivity index (χ3v) is 22.1. The molecule has 0 bridgehead atoms. The van der Waals surface area contributed by atoms with Crippen molar-refractivity contribution in [3.8, 4) is 0 Å². The number of hydrogen-bond donors (Lipinski definition) is 8. The highest BCUT2D eigenvalue weighted by molar-refractivity contribution is 8.01. The normalized spacial score (nSPS) is 17.2. The van der Waals surface area contributed by atoms with Gasteiger partial charge < -0.3 is 57.0 Å². The first-order chi connectivity index (χ1) is 44.0. The number of carboxylic acids is 1. The van der Waals surface area contributed by atoms with Crippen molar-refractivity contribution in [3.05, 3.63) is 10.4 Å². The van der Waals surface area contributed by atoms with Gasteiger partial charge >= 0.3 is 23.9 Å². The molecule has 0 radical (unpaired) electrons. The highest BCUT2D eigenvalue weighted by Gasteiger charge is 2.46. The number of esters is 3. The molecule has 3 aliphatic rings. The zero-order valence-electron chi connectivity index (χ0n) is 64.4. The van der Waals surface area contributed by atoms with E-state index < -0.39 is 75.1 Å². The van der Waals surface area contributed by atoms with Crippen LogP contribution in [0.4, 0.5) is 0 Å². The molecule has 4 amide bonds. The van der Waals surface area contributed by atoms with Crippen molar-refractivity contribution < 1.29 is 57.7 Å². The largest absolute Gasteiger partial charge is 0.480 e. The fourth-order valence-electron chi connectivity index (χ4n) is 9.96. The van der Waals surface area contributed by atoms with Crippen LogP contribution in [-0.4, -0.2) is 186 Å². The lowest BCUT2D eigenvalue weighted by Gasteiger charge is -2.32. The predicted octanol–water partition coefficient (Wildman–Crippen LogP) is 14.3. The number of carboxylic acid groups (broad SMARTS) is 1. The molecule has 0 heterocycles. The van der Waals surface area contributed by atoms with E-state index in [1.165, 1.54) is 0 Å². The van der Waals surface area contributed by atoms with Crippen LogP contribution in [0.25, 0.3) is 10.4 Å². The van der Waals surface area contributed by atoms with Crippen LogP contribution in [0, 0.1) is 16.2 Å². The number of nitrogens with two attached hydrogens (primary N) is 1. The number of amides is 4. The Bertz CT molecular complexity index is 2520. The molecule has 0 spiro atoms. The Kier molecular flexibility index (Phi) is 46.6. The minimum absolute atomic E-state index is 0. The maximum Gasteiger partial charge on any atom is 0.330 e. The molecule has 0 aromatic carbocycles. The quantitative estimate of drug-likeness (QED) is 0.0119. The number of nitrogens with zero attached hydrogens (tertiary/aromatic N) is 3. The molecule has 3 rings (SSSR count). The number of azide groups is 1. The van der Waals surface area contributed by atoms with E-state index in [1.807, 2.05) is 41.5 Å². The van der Waals surface area contributed by atoms with Gasteiger partial charge in [0.05, 0.1) is 22.3 Å². The van der Waals surface area contributed by atoms with E-state index in [2.05, 4.69) is 146 Å². The van der Waals surface area contributed by atoms with Gasteiger partial charge in [0.25, 0.3) is 0 Å². The third-order valence-electron chi connectivity index (χ3n) is 15.3. The van der Waals surface area contributed by atoms with Gasteiger partial charge in [0.2, 0.25) is 23.6 Å². The van der Waals surface area contributed by atoms with Gasteiger partial charge in [-0.05, 0) is 120 Å². The lowest BCUT2D eigenvalue weighted by Crippen LogP contribution is -2.55. The van der Waals surface area contributed by atoms with E-state index >= 15 is 0 Å². The van der Waals surface area contributed by atoms with Gasteiger partial charge in [0.15, 0.2) is 0 Å². The van der Waals surface area contributed by atoms with Crippen molar-refractivity contribution in [2.75, 3.05) is 62.5 Å². The summed E-state index contributed by atoms with van der Waals surface area (Å²) in [7, 11) is 3.45. The van der Waals surface area contributed by atoms with Gasteiger partial charge in [-0.15, -0.1) is 0 Å². The van der Waals surface area contributed by atoms with Gasteiger partial charge in [-0.1, -0.05) is 170 Å². The van der Waals surface area contributed by atoms with E-state index in [0.29, 0.717) is 61.0 Å². The summed E-state index contributed by atoms with van der Waals surface area (Å²) in [6, 6.07) is -2.89. The molecule has 5 unspecified atom stereocenters. The molecule has 0 aromatic rings. The molecule has 27 heteroatoms. The Morgan fingerprint density at radius 1 is 0.440 bits per heavy atom. The van der Waals surface area contributed by atoms with Crippen LogP contribution >= 0.6 is 58.8 Å². The van der Waals surface area contributed by atoms with Crippen LogP contribution < -0.4 is 37.6 Å². The second-order valence-electron chi connectivity index (χ2n) is 33.6. The Morgan fingerprint density at radius 3 is 0.940 bits per heavy atom. The Labute approximate surface area is 628 Å². The molecular formula is C73H144N10O12S5. The molecule has 3 aliphatic carbocycles. The number of thioether (sulfide) groups is 5. The summed E-state index contributed by atoms with van der Waals surface area (Å²) in [5, 5.41) is 30.0. The van der Waals surface area contributed by atoms with Crippen LogP contribution in [0.15, 0.2) is 5.11 Å². The Balaban J connectivity index is -0.000000639. The summed E-state index contributed by atoms with van der Waals surface area (Å²) in [5.41, 5.74) is 10.7. The number of rotatable bonds is 28. The van der Waals surface area contributed by atoms with Crippen LogP contribution in [0.5, 0.6) is 0 Å². The van der Waals surface area contributed by atoms with Gasteiger partial charge in [-0.3, -0.25) is 24.0 Å². The molecule has 0 saturated heterocycles. The van der Waals surface area contributed by atoms with Crippen molar-refractivity contribution in [2.45, 2.75) is 336 Å². The minimum atomic E-state index is -0.783. The van der Waals surface area contributed by atoms with E-state index in [4.69, 9.17) is 30.6 Å². The first-order valence-corrected chi connectivity index (χ1v) is 39.3. The van der Waals surface area contributed by atoms with E-state index in [1.54, 1.807) is 93.7 Å². The number of hydrogen-bond acceptors (Lipinski definition) is 20. The standard InChI is InChI=1S/C26H49N3O4S2.C18H32N4O3S.C18H34N2O3S.C8H17NO2S.3CH4/c1-23(2,3)33-21(31)19(16-35-25(7,8)9)29-22(32)26(13-11-12-14-26)17-28-20(30)18(27-10)15-34-24(4,5)6;1-16(2,3)25-14(23)13(11-26-17(4,5)6)21-15(24)18(12-20-22-19)9-7-8-10-18;1-16(2,3)23-14(21)13(11-24-17(4,5)6)20-15(22)18(12-19)9-7-8-10-18;1-8(2,3)12-5-6(9-4)7(10)11;;;/h18-19,27H,11-17H2,1-10H3,(H,28,30)(H,29,32);13H,7-12H2,1-6H3,(H,21,24);13H,7-12,19H2,1-6H3,(H,20,22);6,9H,5H2,1-4H3,(H,10,11);3*1H4. The average molecular weight is 1510 g/mol. The van der Waals surface area contributed by atoms with Crippen LogP contribution in [-0.2, 0) is 52.6 Å². The van der Waals surface area contributed by atoms with E-state index in [-0.39, 0.29) is 94.7 Å². The zero-order chi connectivity index (χ0) is 75.5. The molecule has 22 nitrogen and oxygen atoms in total. The Hall–Kier alpha value is -3.30. The lowest BCUT2D eigenvalue weighted by molar-refractivity contribution is -0.159. The fraction of sp³-hybridized carbons (Fsp3) is 0.890. The number of aliphatic carboxylic acids is 1. The topological polar surface area (TPSA) is 331 Å². The number of likely N-dealkylation sites (N-methyl/N-ethyl adjacent to an activating group) is 2. The second kappa shape index (κ2) is 45.3. The summed E-state index contributed by atoms with van der Waals surface area (Å²) in [4.78, 5) is 104. The van der Waals surface area contributed by atoms with Crippen LogP contribution in [0.3, 0.4) is 0 Å². The molecule has 3 saturated carbocycles. The second-order valence-corrected chi connectivity index (χ2v) is 42.8. The smallest absolute Gasteiger partial charge is 0.330 e. The highest BCUT2D eigenvalue weighted by Crippen LogP contribution is 2.41. The highest BCUT2D eigenvalue weighted by atomic mass is 32.2. The minimum Gasteiger partial charge on any atom is -0.480 e. The van der Waals surface area contributed by atoms with Crippen LogP contribution in [0.1, 0.15) is 265 Å². The van der Waals surface area contributed by atoms with Gasteiger partial charge in [-0.25, -0.2) is 14.4 Å². The molecule has 5 atom stereocenters. The first-order valence-electron chi connectivity index (χ1n) is 34.4. The monoisotopic (exact) mass is 1510 g/mol. The SMILES string of the molecule is C.C.C.CC(C)(C)OC(=O)C(CSC(C)(C)C)NC(=O)C1(CN)CCCC1.CC(C)(C)OC(=O)C(CSC(C)(C)C)NC(=O)C1(CN=[N+]=[N-])CCCC1.CNC(CSC(C)(C)C)C(=O)NCC1(C(=O)NC(CSC(C)(C)C)C(=O)OC(C)(C)C)CCCC1.CNC(CSC(C)(C)C)C(=O)O. The maximum atomic E-state index is 13.6. The summed E-state index contributed by atoms with van der Waals surface area (Å²) in [5.74, 6) is -0.00157. The van der Waals surface area contributed by atoms with Crippen molar-refractivity contribution in [3.63, 3.8) is 0 Å². The lowest BCUT2D eigenvalue weighted by atomic mass is 9.84. The summed E-state index contributed by atoms with van der Waals surface area (Å²) in [6.45, 7) is 48.4. The molecule has 9 N–H and O–H groups in total. The third kappa shape index (κ3) is 44.5. The molecular weight excluding hydrogens is 1370 g/mol. The predicted molar refractivity (Wildman–Crippen MR) is 427 cm³/mol. The Morgan fingerprint density at radius 2 is 0.690 bits per heavy atom. The molecule has 0 aromatic heterocycles. The molecule has 0 aliphatic heterocycles. The zero-order valence-corrected chi connectivity index (χ0v) is 68.5. The van der Waals surface area contributed by atoms with Crippen molar-refractivity contribution in [2.24, 2.45) is 27.1 Å². The summed E-state index contributed by atoms with van der Waals surface area (Å²) >= 11 is 8.23. The van der Waals surface area contributed by atoms with E-state index in [0.717, 1.165) is 51.4 Å². The number of carbonyl (C=O) groups excluding carboxylic acids is 7. The molecule has 100 heavy (non-hydrogen) atoms. The summed E-state index contributed by atoms with van der Waals surface area (Å²) in [6.07, 6.45) is 10.0. The van der Waals surface area contributed by atoms with Crippen molar-refractivity contribution in [1.29, 1.82) is 0 Å². The van der Waals surface area contributed by atoms with E-state index in [9.17, 15) is 38.4 Å². The maximum absolute atomic E-state index is 13.6. The number of nitrogens with one attached hydrogen (secondary N) is 6. The van der Waals surface area contributed by atoms with Gasteiger partial charge in [0, 0.05) is 77.0 Å². The number of carbonyl (C=O) groups is 8. The molecule has 588 valence electrons. The van der Waals surface area contributed by atoms with Crippen LogP contribution in [0.2, 0.25) is 0 Å². The van der Waals surface area contributed by atoms with Crippen molar-refractivity contribution in [1.82, 2.24) is 31.9 Å². The van der Waals surface area contributed by atoms with Gasteiger partial charge in [0.1, 0.15) is 41.0 Å². The number of ether oxygens (including phenoxy) is 3. The summed E-state index contributed by atoms with van der Waals surface area (Å²) < 4.78 is 16.7. The average Bonchev–Trinajstić information content (AvgIpc) is 1.58. The fourth-order valence-corrected chi connectivity index (χ4v) is 14.6. The van der Waals surface area contributed by atoms with Gasteiger partial charge in [-0.2, -0.15) is 58.8 Å².